The summed E-state index contributed by atoms with van der Waals surface area (Å²) in [5.74, 6) is -0.754. The quantitative estimate of drug-likeness (QED) is 0.285. The van der Waals surface area contributed by atoms with Crippen molar-refractivity contribution in [3.63, 3.8) is 0 Å². The molecule has 0 saturated carbocycles. The standard InChI is InChI=1S/C31H35F5N8O2/c1-15-10-21(37)44(45)27(23(15)31(34,35)36)26-24(33)25-22-19(39-26)4-2-5-20-18-7-6-17(38-18)13-43(20)28(22)41-29(40-25)46-14-30-8-3-9-42(30)12-16(32)11-30/h10,16-18,20,37-38,45H,2-9,11-14H2,1H3/t16-,17-,18+,20-,30+/m1/s1. The lowest BCUT2D eigenvalue weighted by Crippen LogP contribution is -2.58. The number of anilines is 1. The van der Waals surface area contributed by atoms with Crippen molar-refractivity contribution in [2.75, 3.05) is 31.1 Å². The van der Waals surface area contributed by atoms with Crippen molar-refractivity contribution >= 4 is 16.7 Å². The normalized spacial score (nSPS) is 29.1. The molecular weight excluding hydrogens is 611 g/mol. The number of halogens is 5. The Morgan fingerprint density at radius 2 is 1.98 bits per heavy atom. The second-order valence-corrected chi connectivity index (χ2v) is 13.5. The predicted molar refractivity (Wildman–Crippen MR) is 156 cm³/mol. The predicted octanol–water partition coefficient (Wildman–Crippen LogP) is 4.28. The number of fused-ring (bicyclic) bond motifs is 6. The van der Waals surface area contributed by atoms with Crippen molar-refractivity contribution in [3.05, 3.63) is 34.2 Å². The molecule has 8 heterocycles. The van der Waals surface area contributed by atoms with Gasteiger partial charge in [-0.3, -0.25) is 10.3 Å². The van der Waals surface area contributed by atoms with Crippen LogP contribution in [0.5, 0.6) is 6.01 Å². The van der Waals surface area contributed by atoms with Crippen molar-refractivity contribution in [1.82, 2.24) is 29.9 Å². The minimum Gasteiger partial charge on any atom is -0.461 e. The van der Waals surface area contributed by atoms with Gasteiger partial charge in [-0.15, -0.1) is 0 Å². The molecule has 5 aliphatic heterocycles. The van der Waals surface area contributed by atoms with Gasteiger partial charge in [0.1, 0.15) is 35.5 Å². The van der Waals surface area contributed by atoms with Gasteiger partial charge in [-0.2, -0.15) is 27.9 Å². The molecule has 46 heavy (non-hydrogen) atoms. The van der Waals surface area contributed by atoms with Gasteiger partial charge in [0.15, 0.2) is 11.3 Å². The van der Waals surface area contributed by atoms with Crippen LogP contribution in [0.3, 0.4) is 0 Å². The average Bonchev–Trinajstić information content (AvgIpc) is 3.66. The van der Waals surface area contributed by atoms with E-state index in [4.69, 9.17) is 15.1 Å². The van der Waals surface area contributed by atoms with E-state index >= 15 is 4.39 Å². The Morgan fingerprint density at radius 3 is 2.78 bits per heavy atom. The van der Waals surface area contributed by atoms with Gasteiger partial charge in [0.25, 0.3) is 0 Å². The molecule has 10 nitrogen and oxygen atoms in total. The van der Waals surface area contributed by atoms with E-state index in [0.717, 1.165) is 51.6 Å². The molecule has 246 valence electrons. The van der Waals surface area contributed by atoms with E-state index in [1.165, 1.54) is 0 Å². The monoisotopic (exact) mass is 646 g/mol. The second kappa shape index (κ2) is 10.5. The molecule has 0 amide bonds. The number of alkyl halides is 4. The van der Waals surface area contributed by atoms with E-state index in [-0.39, 0.29) is 46.6 Å². The summed E-state index contributed by atoms with van der Waals surface area (Å²) in [5.41, 5.74) is -4.48. The number of nitrogens with zero attached hydrogens (tertiary/aromatic N) is 6. The van der Waals surface area contributed by atoms with Crippen LogP contribution in [0, 0.1) is 18.2 Å². The summed E-state index contributed by atoms with van der Waals surface area (Å²) in [6.45, 7) is 2.93. The van der Waals surface area contributed by atoms with Gasteiger partial charge in [-0.25, -0.2) is 13.8 Å². The Bertz CT molecular complexity index is 1800. The van der Waals surface area contributed by atoms with Gasteiger partial charge in [-0.1, -0.05) is 0 Å². The molecule has 2 bridgehead atoms. The Kier molecular flexibility index (Phi) is 6.77. The van der Waals surface area contributed by atoms with Crippen molar-refractivity contribution in [3.8, 4) is 17.4 Å². The molecule has 8 rings (SSSR count). The van der Waals surface area contributed by atoms with Crippen LogP contribution in [-0.2, 0) is 12.6 Å². The summed E-state index contributed by atoms with van der Waals surface area (Å²) in [6.07, 6.45) is -0.326. The summed E-state index contributed by atoms with van der Waals surface area (Å²) >= 11 is 0. The van der Waals surface area contributed by atoms with Gasteiger partial charge in [0, 0.05) is 37.6 Å². The molecule has 4 saturated heterocycles. The maximum atomic E-state index is 16.8. The molecule has 5 aliphatic rings. The van der Waals surface area contributed by atoms with Crippen molar-refractivity contribution in [2.24, 2.45) is 0 Å². The van der Waals surface area contributed by atoms with E-state index in [1.807, 2.05) is 0 Å². The van der Waals surface area contributed by atoms with Gasteiger partial charge >= 0.3 is 12.2 Å². The molecule has 3 aromatic rings. The average molecular weight is 647 g/mol. The first-order valence-electron chi connectivity index (χ1n) is 16.0. The number of piperazine rings is 1. The highest BCUT2D eigenvalue weighted by Crippen LogP contribution is 2.44. The number of hydrogen-bond donors (Lipinski definition) is 3. The lowest BCUT2D eigenvalue weighted by molar-refractivity contribution is -0.138. The number of nitrogens with one attached hydrogen (secondary N) is 2. The number of ether oxygens (including phenoxy) is 1. The van der Waals surface area contributed by atoms with Crippen LogP contribution in [0.25, 0.3) is 22.3 Å². The molecule has 4 fully saturated rings. The first kappa shape index (κ1) is 29.8. The fraction of sp³-hybridized carbons (Fsp3) is 0.613. The van der Waals surface area contributed by atoms with Crippen LogP contribution in [0.1, 0.15) is 61.8 Å². The largest absolute Gasteiger partial charge is 0.461 e. The first-order valence-corrected chi connectivity index (χ1v) is 16.0. The van der Waals surface area contributed by atoms with Crippen LogP contribution in [-0.4, -0.2) is 85.9 Å². The molecule has 3 aromatic heterocycles. The second-order valence-electron chi connectivity index (χ2n) is 13.5. The molecule has 15 heteroatoms. The number of hydrogen-bond acceptors (Lipinski definition) is 9. The van der Waals surface area contributed by atoms with Gasteiger partial charge in [-0.05, 0) is 70.0 Å². The highest BCUT2D eigenvalue weighted by atomic mass is 19.4. The summed E-state index contributed by atoms with van der Waals surface area (Å²) in [5, 5.41) is 22.8. The van der Waals surface area contributed by atoms with Crippen LogP contribution in [0.4, 0.5) is 27.8 Å². The fourth-order valence-electron chi connectivity index (χ4n) is 8.76. The third-order valence-electron chi connectivity index (χ3n) is 10.7. The van der Waals surface area contributed by atoms with Crippen molar-refractivity contribution in [1.29, 1.82) is 5.41 Å². The lowest BCUT2D eigenvalue weighted by atomic mass is 9.94. The molecule has 0 aromatic carbocycles. The molecule has 0 unspecified atom stereocenters. The molecule has 0 aliphatic carbocycles. The van der Waals surface area contributed by atoms with Gasteiger partial charge in [0.05, 0.1) is 22.2 Å². The Labute approximate surface area is 261 Å². The SMILES string of the molecule is Cc1cc(=N)n(O)c(-c2nc3c4c(nc(OC[C@@]56CCCN5C[C@H](F)C6)nc4c2F)N2C[C@H]4CC[C@H](N4)[C@H]2CCC3)c1C(F)(F)F. The molecule has 0 spiro atoms. The first-order chi connectivity index (χ1) is 21.9. The maximum absolute atomic E-state index is 16.8. The van der Waals surface area contributed by atoms with Gasteiger partial charge < -0.3 is 20.2 Å². The third-order valence-corrected chi connectivity index (χ3v) is 10.7. The van der Waals surface area contributed by atoms with E-state index < -0.39 is 46.1 Å². The van der Waals surface area contributed by atoms with E-state index in [2.05, 4.69) is 25.1 Å². The Morgan fingerprint density at radius 1 is 1.15 bits per heavy atom. The van der Waals surface area contributed by atoms with E-state index in [1.54, 1.807) is 0 Å². The number of rotatable bonds is 4. The number of aryl methyl sites for hydroxylation is 2. The fourth-order valence-corrected chi connectivity index (χ4v) is 8.76. The minimum atomic E-state index is -4.98. The smallest absolute Gasteiger partial charge is 0.418 e. The topological polar surface area (TPSA) is 115 Å². The third kappa shape index (κ3) is 4.55. The summed E-state index contributed by atoms with van der Waals surface area (Å²) in [4.78, 5) is 18.0. The summed E-state index contributed by atoms with van der Waals surface area (Å²) in [6, 6.07) is 1.20. The molecule has 3 N–H and O–H groups in total. The van der Waals surface area contributed by atoms with E-state index in [0.29, 0.717) is 49.2 Å². The lowest BCUT2D eigenvalue weighted by Gasteiger charge is -2.43. The van der Waals surface area contributed by atoms with Crippen LogP contribution < -0.4 is 20.4 Å². The molecule has 0 radical (unpaired) electrons. The zero-order valence-electron chi connectivity index (χ0n) is 25.3. The Hall–Kier alpha value is -3.59. The zero-order chi connectivity index (χ0) is 32.1. The van der Waals surface area contributed by atoms with Crippen LogP contribution in [0.2, 0.25) is 0 Å². The van der Waals surface area contributed by atoms with Crippen molar-refractivity contribution in [2.45, 2.75) is 94.3 Å². The zero-order valence-corrected chi connectivity index (χ0v) is 25.3. The number of aromatic nitrogens is 4. The molecule has 5 atom stereocenters. The highest BCUT2D eigenvalue weighted by Gasteiger charge is 2.50. The van der Waals surface area contributed by atoms with Crippen molar-refractivity contribution < 1.29 is 31.9 Å². The summed E-state index contributed by atoms with van der Waals surface area (Å²) < 4.78 is 80.8. The Balaban J connectivity index is 1.34. The molecular formula is C31H35F5N8O2. The minimum absolute atomic E-state index is 0.0214. The van der Waals surface area contributed by atoms with Crippen LogP contribution >= 0.6 is 0 Å². The van der Waals surface area contributed by atoms with Crippen LogP contribution in [0.15, 0.2) is 6.07 Å². The van der Waals surface area contributed by atoms with E-state index in [9.17, 15) is 22.8 Å². The summed E-state index contributed by atoms with van der Waals surface area (Å²) in [7, 11) is 0. The number of pyridine rings is 2. The maximum Gasteiger partial charge on any atom is 0.418 e. The highest BCUT2D eigenvalue weighted by molar-refractivity contribution is 5.95. The van der Waals surface area contributed by atoms with Gasteiger partial charge in [0.2, 0.25) is 0 Å².